The van der Waals surface area contributed by atoms with Crippen molar-refractivity contribution in [2.75, 3.05) is 11.9 Å². The number of ether oxygens (including phenoxy) is 1. The quantitative estimate of drug-likeness (QED) is 0.370. The number of benzene rings is 4. The van der Waals surface area contributed by atoms with Crippen molar-refractivity contribution in [2.45, 2.75) is 19.3 Å². The summed E-state index contributed by atoms with van der Waals surface area (Å²) >= 11 is 0. The Morgan fingerprint density at radius 2 is 1.57 bits per heavy atom. The molecule has 4 aromatic carbocycles. The predicted octanol–water partition coefficient (Wildman–Crippen LogP) is 6.03. The maximum atomic E-state index is 12.6. The first kappa shape index (κ1) is 19.7. The van der Waals surface area contributed by atoms with E-state index in [4.69, 9.17) is 4.74 Å². The molecule has 3 nitrogen and oxygen atoms in total. The smallest absolute Gasteiger partial charge is 0.228 e. The van der Waals surface area contributed by atoms with Gasteiger partial charge in [0, 0.05) is 11.8 Å². The third-order valence-electron chi connectivity index (χ3n) is 5.07. The van der Waals surface area contributed by atoms with E-state index in [9.17, 15) is 4.79 Å². The molecule has 0 unspecified atom stereocenters. The van der Waals surface area contributed by atoms with Crippen molar-refractivity contribution in [1.29, 1.82) is 0 Å². The van der Waals surface area contributed by atoms with E-state index in [1.165, 1.54) is 5.56 Å². The topological polar surface area (TPSA) is 38.3 Å². The summed E-state index contributed by atoms with van der Waals surface area (Å²) in [6.45, 7) is 0.641. The average molecular weight is 396 g/mol. The fourth-order valence-corrected chi connectivity index (χ4v) is 3.60. The minimum atomic E-state index is -0.0346. The third kappa shape index (κ3) is 5.26. The van der Waals surface area contributed by atoms with Gasteiger partial charge in [-0.1, -0.05) is 78.9 Å². The van der Waals surface area contributed by atoms with Crippen LogP contribution in [0.4, 0.5) is 5.69 Å². The van der Waals surface area contributed by atoms with Crippen molar-refractivity contribution < 1.29 is 9.53 Å². The van der Waals surface area contributed by atoms with Crippen LogP contribution in [0.3, 0.4) is 0 Å². The number of amides is 1. The minimum absolute atomic E-state index is 0.0346. The van der Waals surface area contributed by atoms with Crippen LogP contribution in [0.5, 0.6) is 5.75 Å². The van der Waals surface area contributed by atoms with E-state index in [1.54, 1.807) is 0 Å². The third-order valence-corrected chi connectivity index (χ3v) is 5.07. The van der Waals surface area contributed by atoms with Crippen LogP contribution in [0.1, 0.15) is 17.5 Å². The molecule has 3 heteroatoms. The van der Waals surface area contributed by atoms with Crippen molar-refractivity contribution in [3.63, 3.8) is 0 Å². The number of nitrogens with one attached hydrogen (secondary N) is 1. The first-order chi connectivity index (χ1) is 14.8. The Balaban J connectivity index is 1.31. The number of fused-ring (bicyclic) bond motifs is 1. The molecular weight excluding hydrogens is 370 g/mol. The van der Waals surface area contributed by atoms with Gasteiger partial charge in [0.1, 0.15) is 5.75 Å². The highest BCUT2D eigenvalue weighted by atomic mass is 16.5. The zero-order chi connectivity index (χ0) is 20.6. The Hall–Kier alpha value is -3.59. The summed E-state index contributed by atoms with van der Waals surface area (Å²) in [6.07, 6.45) is 2.27. The van der Waals surface area contributed by atoms with Gasteiger partial charge in [-0.2, -0.15) is 0 Å². The molecule has 0 aliphatic heterocycles. The highest BCUT2D eigenvalue weighted by Crippen LogP contribution is 2.21. The lowest BCUT2D eigenvalue weighted by atomic mass is 10.0. The number of rotatable bonds is 8. The minimum Gasteiger partial charge on any atom is -0.494 e. The summed E-state index contributed by atoms with van der Waals surface area (Å²) < 4.78 is 5.87. The fraction of sp³-hybridized carbons (Fsp3) is 0.148. The second-order valence-electron chi connectivity index (χ2n) is 7.33. The lowest BCUT2D eigenvalue weighted by Gasteiger charge is -2.10. The Morgan fingerprint density at radius 1 is 0.800 bits per heavy atom. The summed E-state index contributed by atoms with van der Waals surface area (Å²) in [5.41, 5.74) is 3.09. The maximum absolute atomic E-state index is 12.6. The van der Waals surface area contributed by atoms with E-state index in [1.807, 2.05) is 54.6 Å². The SMILES string of the molecule is O=C(Cc1cccc2ccccc12)Nc1cccc(OCCCc2ccccc2)c1. The molecule has 1 N–H and O–H groups in total. The molecule has 4 aromatic rings. The van der Waals surface area contributed by atoms with E-state index < -0.39 is 0 Å². The fourth-order valence-electron chi connectivity index (χ4n) is 3.60. The molecule has 150 valence electrons. The molecule has 0 aliphatic carbocycles. The monoisotopic (exact) mass is 395 g/mol. The van der Waals surface area contributed by atoms with Gasteiger partial charge in [0.25, 0.3) is 0 Å². The van der Waals surface area contributed by atoms with Crippen LogP contribution in [0.2, 0.25) is 0 Å². The number of carbonyl (C=O) groups is 1. The van der Waals surface area contributed by atoms with E-state index >= 15 is 0 Å². The number of hydrogen-bond donors (Lipinski definition) is 1. The summed E-state index contributed by atoms with van der Waals surface area (Å²) in [5, 5.41) is 5.26. The summed E-state index contributed by atoms with van der Waals surface area (Å²) in [7, 11) is 0. The van der Waals surface area contributed by atoms with Crippen molar-refractivity contribution >= 4 is 22.4 Å². The Bertz CT molecular complexity index is 1120. The van der Waals surface area contributed by atoms with Gasteiger partial charge in [0.05, 0.1) is 13.0 Å². The molecule has 0 aliphatic rings. The van der Waals surface area contributed by atoms with Crippen LogP contribution in [0.25, 0.3) is 10.8 Å². The summed E-state index contributed by atoms with van der Waals surface area (Å²) in [6, 6.07) is 32.2. The molecule has 4 rings (SSSR count). The molecule has 0 fully saturated rings. The molecule has 0 bridgehead atoms. The van der Waals surface area contributed by atoms with Gasteiger partial charge < -0.3 is 10.1 Å². The van der Waals surface area contributed by atoms with E-state index in [-0.39, 0.29) is 5.91 Å². The van der Waals surface area contributed by atoms with E-state index in [0.29, 0.717) is 13.0 Å². The van der Waals surface area contributed by atoms with Crippen LogP contribution in [-0.4, -0.2) is 12.5 Å². The second-order valence-corrected chi connectivity index (χ2v) is 7.33. The van der Waals surface area contributed by atoms with Crippen LogP contribution >= 0.6 is 0 Å². The standard InChI is InChI=1S/C27H25NO2/c29-27(19-23-14-6-13-22-12-4-5-17-26(22)23)28-24-15-7-16-25(20-24)30-18-8-11-21-9-2-1-3-10-21/h1-7,9-10,12-17,20H,8,11,18-19H2,(H,28,29). The largest absolute Gasteiger partial charge is 0.494 e. The average Bonchev–Trinajstić information content (AvgIpc) is 2.78. The van der Waals surface area contributed by atoms with Crippen molar-refractivity contribution in [2.24, 2.45) is 0 Å². The predicted molar refractivity (Wildman–Crippen MR) is 123 cm³/mol. The van der Waals surface area contributed by atoms with Crippen molar-refractivity contribution in [3.8, 4) is 5.75 Å². The zero-order valence-electron chi connectivity index (χ0n) is 16.9. The summed E-state index contributed by atoms with van der Waals surface area (Å²) in [4.78, 5) is 12.6. The van der Waals surface area contributed by atoms with Crippen LogP contribution < -0.4 is 10.1 Å². The van der Waals surface area contributed by atoms with Gasteiger partial charge in [0.2, 0.25) is 5.91 Å². The molecule has 0 saturated heterocycles. The first-order valence-corrected chi connectivity index (χ1v) is 10.3. The highest BCUT2D eigenvalue weighted by Gasteiger charge is 2.08. The maximum Gasteiger partial charge on any atom is 0.228 e. The molecule has 0 spiro atoms. The van der Waals surface area contributed by atoms with Crippen LogP contribution in [0, 0.1) is 0 Å². The Labute approximate surface area is 177 Å². The Morgan fingerprint density at radius 3 is 2.47 bits per heavy atom. The molecule has 0 saturated carbocycles. The van der Waals surface area contributed by atoms with Gasteiger partial charge in [-0.25, -0.2) is 0 Å². The second kappa shape index (κ2) is 9.75. The molecular formula is C27H25NO2. The van der Waals surface area contributed by atoms with Crippen LogP contribution in [-0.2, 0) is 17.6 Å². The first-order valence-electron chi connectivity index (χ1n) is 10.3. The lowest BCUT2D eigenvalue weighted by molar-refractivity contribution is -0.115. The van der Waals surface area contributed by atoms with Gasteiger partial charge in [-0.15, -0.1) is 0 Å². The number of anilines is 1. The van der Waals surface area contributed by atoms with Gasteiger partial charge >= 0.3 is 0 Å². The van der Waals surface area contributed by atoms with Gasteiger partial charge in [-0.3, -0.25) is 4.79 Å². The normalized spacial score (nSPS) is 10.7. The molecule has 30 heavy (non-hydrogen) atoms. The van der Waals surface area contributed by atoms with Crippen molar-refractivity contribution in [1.82, 2.24) is 0 Å². The molecule has 0 aromatic heterocycles. The molecule has 0 radical (unpaired) electrons. The highest BCUT2D eigenvalue weighted by molar-refractivity contribution is 5.96. The zero-order valence-corrected chi connectivity index (χ0v) is 16.9. The Kier molecular flexibility index (Phi) is 6.41. The van der Waals surface area contributed by atoms with Gasteiger partial charge in [0.15, 0.2) is 0 Å². The number of carbonyl (C=O) groups excluding carboxylic acids is 1. The van der Waals surface area contributed by atoms with Crippen molar-refractivity contribution in [3.05, 3.63) is 108 Å². The molecule has 0 atom stereocenters. The molecule has 0 heterocycles. The van der Waals surface area contributed by atoms with Crippen LogP contribution in [0.15, 0.2) is 97.1 Å². The van der Waals surface area contributed by atoms with E-state index in [2.05, 4.69) is 47.8 Å². The van der Waals surface area contributed by atoms with Gasteiger partial charge in [-0.05, 0) is 46.9 Å². The summed E-state index contributed by atoms with van der Waals surface area (Å²) in [5.74, 6) is 0.735. The lowest BCUT2D eigenvalue weighted by Crippen LogP contribution is -2.14. The molecule has 1 amide bonds. The number of aryl methyl sites for hydroxylation is 1. The van der Waals surface area contributed by atoms with E-state index in [0.717, 1.165) is 40.6 Å². The number of hydrogen-bond acceptors (Lipinski definition) is 2.